The Kier molecular flexibility index (Phi) is 6.40. The van der Waals surface area contributed by atoms with Crippen LogP contribution >= 0.6 is 11.3 Å². The zero-order valence-corrected chi connectivity index (χ0v) is 15.0. The molecule has 6 heteroatoms. The quantitative estimate of drug-likeness (QED) is 0.652. The number of guanidine groups is 1. The number of ether oxygens (including phenoxy) is 1. The minimum atomic E-state index is 0.611. The number of benzene rings is 1. The fraction of sp³-hybridized carbons (Fsp3) is 0.412. The molecule has 1 aromatic carbocycles. The van der Waals surface area contributed by atoms with Crippen LogP contribution < -0.4 is 10.1 Å². The van der Waals surface area contributed by atoms with E-state index in [1.807, 2.05) is 32.2 Å². The summed E-state index contributed by atoms with van der Waals surface area (Å²) >= 11 is 1.67. The van der Waals surface area contributed by atoms with Crippen molar-refractivity contribution in [3.05, 3.63) is 45.9 Å². The Morgan fingerprint density at radius 2 is 2.26 bits per heavy atom. The van der Waals surface area contributed by atoms with Crippen LogP contribution in [0.2, 0.25) is 0 Å². The highest BCUT2D eigenvalue weighted by Crippen LogP contribution is 2.14. The van der Waals surface area contributed by atoms with Crippen molar-refractivity contribution in [3.8, 4) is 5.75 Å². The van der Waals surface area contributed by atoms with Gasteiger partial charge in [-0.1, -0.05) is 12.1 Å². The number of rotatable bonds is 6. The smallest absolute Gasteiger partial charge is 0.194 e. The lowest BCUT2D eigenvalue weighted by Gasteiger charge is -2.21. The first-order valence-electron chi connectivity index (χ1n) is 7.65. The molecule has 0 fully saturated rings. The van der Waals surface area contributed by atoms with Crippen molar-refractivity contribution in [1.82, 2.24) is 15.2 Å². The van der Waals surface area contributed by atoms with Crippen LogP contribution in [0.1, 0.15) is 23.2 Å². The maximum absolute atomic E-state index is 5.26. The topological polar surface area (TPSA) is 49.8 Å². The Morgan fingerprint density at radius 3 is 2.91 bits per heavy atom. The molecule has 0 aliphatic carbocycles. The van der Waals surface area contributed by atoms with Crippen molar-refractivity contribution >= 4 is 17.3 Å². The van der Waals surface area contributed by atoms with Gasteiger partial charge >= 0.3 is 0 Å². The van der Waals surface area contributed by atoms with E-state index < -0.39 is 0 Å². The van der Waals surface area contributed by atoms with Gasteiger partial charge in [0.1, 0.15) is 5.75 Å². The highest BCUT2D eigenvalue weighted by Gasteiger charge is 2.08. The van der Waals surface area contributed by atoms with E-state index in [0.717, 1.165) is 41.1 Å². The first-order chi connectivity index (χ1) is 11.1. The van der Waals surface area contributed by atoms with Crippen LogP contribution in [-0.2, 0) is 13.1 Å². The van der Waals surface area contributed by atoms with Gasteiger partial charge in [0.15, 0.2) is 5.96 Å². The Hall–Kier alpha value is -2.08. The van der Waals surface area contributed by atoms with Gasteiger partial charge in [-0.3, -0.25) is 0 Å². The summed E-state index contributed by atoms with van der Waals surface area (Å²) < 4.78 is 5.26. The molecule has 0 atom stereocenters. The Balaban J connectivity index is 2.06. The second-order valence-corrected chi connectivity index (χ2v) is 6.30. The molecule has 2 rings (SSSR count). The van der Waals surface area contributed by atoms with E-state index in [2.05, 4.69) is 33.6 Å². The normalized spacial score (nSPS) is 11.4. The van der Waals surface area contributed by atoms with Crippen LogP contribution in [0.4, 0.5) is 0 Å². The molecular weight excluding hydrogens is 308 g/mol. The van der Waals surface area contributed by atoms with E-state index in [1.165, 1.54) is 0 Å². The molecule has 1 N–H and O–H groups in total. The third kappa shape index (κ3) is 5.25. The summed E-state index contributed by atoms with van der Waals surface area (Å²) in [4.78, 5) is 11.3. The average molecular weight is 332 g/mol. The fourth-order valence-electron chi connectivity index (χ4n) is 2.21. The van der Waals surface area contributed by atoms with Crippen molar-refractivity contribution in [3.63, 3.8) is 0 Å². The second-order valence-electron chi connectivity index (χ2n) is 5.24. The van der Waals surface area contributed by atoms with Gasteiger partial charge in [-0.25, -0.2) is 9.98 Å². The molecule has 0 aliphatic rings. The number of aromatic nitrogens is 1. The van der Waals surface area contributed by atoms with E-state index in [9.17, 15) is 0 Å². The molecule has 0 saturated heterocycles. The maximum atomic E-state index is 5.26. The Morgan fingerprint density at radius 1 is 1.43 bits per heavy atom. The average Bonchev–Trinajstić information content (AvgIpc) is 2.96. The van der Waals surface area contributed by atoms with Gasteiger partial charge in [-0.05, 0) is 31.5 Å². The third-order valence-corrected chi connectivity index (χ3v) is 4.13. The van der Waals surface area contributed by atoms with Crippen LogP contribution in [0.25, 0.3) is 0 Å². The number of hydrogen-bond donors (Lipinski definition) is 1. The van der Waals surface area contributed by atoms with Crippen molar-refractivity contribution < 1.29 is 4.74 Å². The van der Waals surface area contributed by atoms with Gasteiger partial charge in [-0.2, -0.15) is 0 Å². The van der Waals surface area contributed by atoms with Crippen molar-refractivity contribution in [2.75, 3.05) is 20.7 Å². The maximum Gasteiger partial charge on any atom is 0.194 e. The lowest BCUT2D eigenvalue weighted by molar-refractivity contribution is 0.414. The standard InChI is InChI=1S/C17H24N4OS/c1-5-18-17(21(3)11-15-12-23-13(2)20-15)19-10-14-7-6-8-16(9-14)22-4/h6-9,12H,5,10-11H2,1-4H3,(H,18,19). The molecule has 0 radical (unpaired) electrons. The third-order valence-electron chi connectivity index (χ3n) is 3.31. The molecule has 124 valence electrons. The number of nitrogens with zero attached hydrogens (tertiary/aromatic N) is 3. The van der Waals surface area contributed by atoms with Gasteiger partial charge in [0.25, 0.3) is 0 Å². The zero-order valence-electron chi connectivity index (χ0n) is 14.2. The van der Waals surface area contributed by atoms with Crippen LogP contribution in [0.5, 0.6) is 5.75 Å². The summed E-state index contributed by atoms with van der Waals surface area (Å²) in [5.41, 5.74) is 2.19. The van der Waals surface area contributed by atoms with Crippen molar-refractivity contribution in [1.29, 1.82) is 0 Å². The predicted molar refractivity (Wildman–Crippen MR) is 96.1 cm³/mol. The lowest BCUT2D eigenvalue weighted by Crippen LogP contribution is -2.38. The van der Waals surface area contributed by atoms with Gasteiger partial charge in [0.2, 0.25) is 0 Å². The molecule has 5 nitrogen and oxygen atoms in total. The first-order valence-corrected chi connectivity index (χ1v) is 8.53. The summed E-state index contributed by atoms with van der Waals surface area (Å²) in [7, 11) is 3.71. The summed E-state index contributed by atoms with van der Waals surface area (Å²) in [6.07, 6.45) is 0. The number of methoxy groups -OCH3 is 1. The second kappa shape index (κ2) is 8.53. The van der Waals surface area contributed by atoms with Gasteiger partial charge in [-0.15, -0.1) is 11.3 Å². The summed E-state index contributed by atoms with van der Waals surface area (Å²) in [6, 6.07) is 7.99. The van der Waals surface area contributed by atoms with Crippen molar-refractivity contribution in [2.45, 2.75) is 26.9 Å². The first kappa shape index (κ1) is 17.3. The molecule has 0 saturated carbocycles. The van der Waals surface area contributed by atoms with Gasteiger partial charge in [0, 0.05) is 19.0 Å². The molecule has 0 spiro atoms. The number of nitrogens with one attached hydrogen (secondary N) is 1. The number of aliphatic imine (C=N–C) groups is 1. The van der Waals surface area contributed by atoms with Crippen molar-refractivity contribution in [2.24, 2.45) is 4.99 Å². The van der Waals surface area contributed by atoms with Gasteiger partial charge in [0.05, 0.1) is 30.9 Å². The minimum Gasteiger partial charge on any atom is -0.497 e. The van der Waals surface area contributed by atoms with Gasteiger partial charge < -0.3 is 15.0 Å². The fourth-order valence-corrected chi connectivity index (χ4v) is 2.81. The molecular formula is C17H24N4OS. The molecule has 0 aliphatic heterocycles. The molecule has 1 heterocycles. The summed E-state index contributed by atoms with van der Waals surface area (Å²) in [6.45, 7) is 6.28. The minimum absolute atomic E-state index is 0.611. The lowest BCUT2D eigenvalue weighted by atomic mass is 10.2. The van der Waals surface area contributed by atoms with Crippen LogP contribution in [-0.4, -0.2) is 36.5 Å². The predicted octanol–water partition coefficient (Wildman–Crippen LogP) is 3.06. The number of thiazole rings is 1. The number of aryl methyl sites for hydroxylation is 1. The molecule has 23 heavy (non-hydrogen) atoms. The van der Waals surface area contributed by atoms with E-state index >= 15 is 0 Å². The van der Waals surface area contributed by atoms with Crippen LogP contribution in [0, 0.1) is 6.92 Å². The summed E-state index contributed by atoms with van der Waals surface area (Å²) in [5.74, 6) is 1.73. The number of hydrogen-bond acceptors (Lipinski definition) is 4. The monoisotopic (exact) mass is 332 g/mol. The van der Waals surface area contributed by atoms with E-state index in [1.54, 1.807) is 18.4 Å². The highest BCUT2D eigenvalue weighted by atomic mass is 32.1. The Bertz CT molecular complexity index is 654. The molecule has 1 aromatic heterocycles. The molecule has 0 amide bonds. The molecule has 0 bridgehead atoms. The highest BCUT2D eigenvalue weighted by molar-refractivity contribution is 7.09. The molecule has 2 aromatic rings. The van der Waals surface area contributed by atoms with E-state index in [-0.39, 0.29) is 0 Å². The van der Waals surface area contributed by atoms with Crippen LogP contribution in [0.3, 0.4) is 0 Å². The summed E-state index contributed by atoms with van der Waals surface area (Å²) in [5, 5.41) is 6.51. The van der Waals surface area contributed by atoms with Crippen LogP contribution in [0.15, 0.2) is 34.6 Å². The van der Waals surface area contributed by atoms with E-state index in [4.69, 9.17) is 9.73 Å². The molecule has 0 unspecified atom stereocenters. The SMILES string of the molecule is CCNC(=NCc1cccc(OC)c1)N(C)Cc1csc(C)n1. The Labute approximate surface area is 142 Å². The van der Waals surface area contributed by atoms with E-state index in [0.29, 0.717) is 6.54 Å². The largest absolute Gasteiger partial charge is 0.497 e. The zero-order chi connectivity index (χ0) is 16.7.